The molecule has 2 bridgehead atoms. The lowest BCUT2D eigenvalue weighted by Crippen LogP contribution is -2.42. The van der Waals surface area contributed by atoms with Gasteiger partial charge in [0.15, 0.2) is 0 Å². The zero-order valence-electron chi connectivity index (χ0n) is 14.2. The number of fused-ring (bicyclic) bond motifs is 3. The molecular weight excluding hydrogens is 326 g/mol. The lowest BCUT2D eigenvalue weighted by atomic mass is 9.99. The van der Waals surface area contributed by atoms with Gasteiger partial charge in [0.1, 0.15) is 12.4 Å². The molecule has 1 aromatic carbocycles. The quantitative estimate of drug-likeness (QED) is 0.903. The Bertz CT molecular complexity index is 596. The summed E-state index contributed by atoms with van der Waals surface area (Å²) >= 11 is 6.13. The Labute approximate surface area is 148 Å². The molecule has 0 aromatic heterocycles. The van der Waals surface area contributed by atoms with Crippen LogP contribution in [0, 0.1) is 5.92 Å². The summed E-state index contributed by atoms with van der Waals surface area (Å²) < 4.78 is 5.66. The van der Waals surface area contributed by atoms with Crippen LogP contribution >= 0.6 is 11.6 Å². The van der Waals surface area contributed by atoms with E-state index < -0.39 is 0 Å². The molecule has 0 saturated carbocycles. The van der Waals surface area contributed by atoms with Crippen molar-refractivity contribution in [2.75, 3.05) is 39.8 Å². The number of hydrogen-bond acceptors (Lipinski definition) is 4. The number of amides is 1. The van der Waals surface area contributed by atoms with Gasteiger partial charge in [-0.25, -0.2) is 0 Å². The fraction of sp³-hybridized carbons (Fsp3) is 0.611. The second kappa shape index (κ2) is 7.72. The van der Waals surface area contributed by atoms with Crippen molar-refractivity contribution in [1.29, 1.82) is 0 Å². The summed E-state index contributed by atoms with van der Waals surface area (Å²) in [6.45, 7) is 3.45. The van der Waals surface area contributed by atoms with Crippen molar-refractivity contribution in [2.24, 2.45) is 11.7 Å². The number of rotatable bonds is 4. The third-order valence-electron chi connectivity index (χ3n) is 5.06. The van der Waals surface area contributed by atoms with Crippen LogP contribution in [-0.2, 0) is 0 Å². The van der Waals surface area contributed by atoms with Gasteiger partial charge >= 0.3 is 0 Å². The van der Waals surface area contributed by atoms with Crippen LogP contribution in [0.4, 0.5) is 0 Å². The topological polar surface area (TPSA) is 58.8 Å². The Morgan fingerprint density at radius 1 is 1.33 bits per heavy atom. The number of benzene rings is 1. The summed E-state index contributed by atoms with van der Waals surface area (Å²) in [5, 5.41) is 0.547. The molecule has 2 heterocycles. The van der Waals surface area contributed by atoms with E-state index in [1.54, 1.807) is 18.2 Å². The van der Waals surface area contributed by atoms with Crippen molar-refractivity contribution in [3.63, 3.8) is 0 Å². The highest BCUT2D eigenvalue weighted by Gasteiger charge is 2.33. The highest BCUT2D eigenvalue weighted by atomic mass is 35.5. The Morgan fingerprint density at radius 2 is 2.17 bits per heavy atom. The summed E-state index contributed by atoms with van der Waals surface area (Å²) in [7, 11) is 2.17. The molecule has 2 saturated heterocycles. The predicted molar refractivity (Wildman–Crippen MR) is 95.7 cm³/mol. The molecule has 132 valence electrons. The Morgan fingerprint density at radius 3 is 2.96 bits per heavy atom. The number of halogens is 1. The molecule has 24 heavy (non-hydrogen) atoms. The summed E-state index contributed by atoms with van der Waals surface area (Å²) in [6, 6.07) is 5.65. The SMILES string of the molecule is CN1C[C@@H]2CCC[C@H]1CN(C(=O)c1cc(Cl)ccc1OCCN)C2. The van der Waals surface area contributed by atoms with Crippen LogP contribution in [0.3, 0.4) is 0 Å². The van der Waals surface area contributed by atoms with Gasteiger partial charge in [-0.2, -0.15) is 0 Å². The first kappa shape index (κ1) is 17.5. The van der Waals surface area contributed by atoms with E-state index >= 15 is 0 Å². The molecule has 2 aliphatic heterocycles. The van der Waals surface area contributed by atoms with Crippen LogP contribution in [-0.4, -0.2) is 61.6 Å². The summed E-state index contributed by atoms with van der Waals surface area (Å²) in [5.41, 5.74) is 6.06. The molecule has 6 heteroatoms. The van der Waals surface area contributed by atoms with Gasteiger partial charge in [-0.3, -0.25) is 4.79 Å². The van der Waals surface area contributed by atoms with Gasteiger partial charge in [-0.05, 0) is 44.0 Å². The number of ether oxygens (including phenoxy) is 1. The molecule has 3 rings (SSSR count). The van der Waals surface area contributed by atoms with Gasteiger partial charge in [-0.15, -0.1) is 0 Å². The van der Waals surface area contributed by atoms with Crippen LogP contribution in [0.5, 0.6) is 5.75 Å². The van der Waals surface area contributed by atoms with Crippen molar-refractivity contribution in [3.8, 4) is 5.75 Å². The normalized spacial score (nSPS) is 24.5. The Hall–Kier alpha value is -1.30. The molecule has 0 radical (unpaired) electrons. The number of carbonyl (C=O) groups is 1. The molecule has 0 aliphatic carbocycles. The minimum absolute atomic E-state index is 0.0109. The third-order valence-corrected chi connectivity index (χ3v) is 5.30. The van der Waals surface area contributed by atoms with Crippen molar-refractivity contribution < 1.29 is 9.53 Å². The predicted octanol–water partition coefficient (Wildman–Crippen LogP) is 2.23. The zero-order valence-corrected chi connectivity index (χ0v) is 15.0. The number of likely N-dealkylation sites (tertiary alicyclic amines) is 1. The average Bonchev–Trinajstić information content (AvgIpc) is 2.81. The smallest absolute Gasteiger partial charge is 0.257 e. The largest absolute Gasteiger partial charge is 0.491 e. The minimum atomic E-state index is 0.0109. The highest BCUT2D eigenvalue weighted by Crippen LogP contribution is 2.29. The number of likely N-dealkylation sites (N-methyl/N-ethyl adjacent to an activating group) is 1. The lowest BCUT2D eigenvalue weighted by Gasteiger charge is -2.30. The molecule has 1 aromatic rings. The van der Waals surface area contributed by atoms with Crippen LogP contribution in [0.2, 0.25) is 5.02 Å². The lowest BCUT2D eigenvalue weighted by molar-refractivity contribution is 0.0706. The Balaban J connectivity index is 1.84. The monoisotopic (exact) mass is 351 g/mol. The highest BCUT2D eigenvalue weighted by molar-refractivity contribution is 6.31. The molecule has 0 spiro atoms. The second-order valence-corrected chi connectivity index (χ2v) is 7.31. The van der Waals surface area contributed by atoms with Crippen molar-refractivity contribution in [1.82, 2.24) is 9.80 Å². The van der Waals surface area contributed by atoms with Crippen molar-refractivity contribution >= 4 is 17.5 Å². The first-order valence-electron chi connectivity index (χ1n) is 8.70. The van der Waals surface area contributed by atoms with Gasteiger partial charge in [0.05, 0.1) is 5.56 Å². The van der Waals surface area contributed by atoms with Gasteiger partial charge < -0.3 is 20.3 Å². The van der Waals surface area contributed by atoms with E-state index in [9.17, 15) is 4.79 Å². The van der Waals surface area contributed by atoms with E-state index in [0.29, 0.717) is 41.4 Å². The first-order valence-corrected chi connectivity index (χ1v) is 9.08. The minimum Gasteiger partial charge on any atom is -0.491 e. The van der Waals surface area contributed by atoms with E-state index in [2.05, 4.69) is 11.9 Å². The van der Waals surface area contributed by atoms with Gasteiger partial charge in [0.25, 0.3) is 5.91 Å². The number of hydrogen-bond donors (Lipinski definition) is 1. The van der Waals surface area contributed by atoms with Crippen molar-refractivity contribution in [2.45, 2.75) is 25.3 Å². The van der Waals surface area contributed by atoms with E-state index in [1.165, 1.54) is 12.8 Å². The maximum atomic E-state index is 13.2. The van der Waals surface area contributed by atoms with E-state index in [0.717, 1.165) is 26.1 Å². The molecule has 2 atom stereocenters. The van der Waals surface area contributed by atoms with Crippen LogP contribution in [0.1, 0.15) is 29.6 Å². The molecular formula is C18H26ClN3O2. The maximum Gasteiger partial charge on any atom is 0.257 e. The van der Waals surface area contributed by atoms with E-state index in [1.807, 2.05) is 4.90 Å². The third kappa shape index (κ3) is 3.85. The molecule has 2 aliphatic rings. The number of carbonyl (C=O) groups excluding carboxylic acids is 1. The van der Waals surface area contributed by atoms with Crippen molar-refractivity contribution in [3.05, 3.63) is 28.8 Å². The molecule has 5 nitrogen and oxygen atoms in total. The fourth-order valence-electron chi connectivity index (χ4n) is 3.83. The summed E-state index contributed by atoms with van der Waals surface area (Å²) in [4.78, 5) is 17.6. The van der Waals surface area contributed by atoms with Gasteiger partial charge in [0, 0.05) is 37.2 Å². The summed E-state index contributed by atoms with van der Waals surface area (Å²) in [6.07, 6.45) is 3.60. The summed E-state index contributed by atoms with van der Waals surface area (Å²) in [5.74, 6) is 1.12. The maximum absolute atomic E-state index is 13.2. The molecule has 0 unspecified atom stereocenters. The van der Waals surface area contributed by atoms with Gasteiger partial charge in [-0.1, -0.05) is 18.0 Å². The first-order chi connectivity index (χ1) is 11.6. The van der Waals surface area contributed by atoms with E-state index in [4.69, 9.17) is 22.1 Å². The van der Waals surface area contributed by atoms with Gasteiger partial charge in [0.2, 0.25) is 0 Å². The number of nitrogens with zero attached hydrogens (tertiary/aromatic N) is 2. The van der Waals surface area contributed by atoms with Crippen LogP contribution in [0.25, 0.3) is 0 Å². The van der Waals surface area contributed by atoms with E-state index in [-0.39, 0.29) is 5.91 Å². The average molecular weight is 352 g/mol. The molecule has 1 amide bonds. The standard InChI is InChI=1S/C18H26ClN3O2/c1-21-10-13-3-2-4-15(21)12-22(11-13)18(23)16-9-14(19)5-6-17(16)24-8-7-20/h5-6,9,13,15H,2-4,7-8,10-12,20H2,1H3/t13-,15-/m0/s1. The second-order valence-electron chi connectivity index (χ2n) is 6.88. The molecule has 2 fully saturated rings. The van der Waals surface area contributed by atoms with Crippen LogP contribution in [0.15, 0.2) is 18.2 Å². The van der Waals surface area contributed by atoms with Crippen LogP contribution < -0.4 is 10.5 Å². The molecule has 2 N–H and O–H groups in total. The fourth-order valence-corrected chi connectivity index (χ4v) is 4.00. The number of nitrogens with two attached hydrogens (primary N) is 1. The Kier molecular flexibility index (Phi) is 5.64. The zero-order chi connectivity index (χ0) is 17.1.